The van der Waals surface area contributed by atoms with Gasteiger partial charge in [0.1, 0.15) is 5.82 Å². The number of benzene rings is 1. The van der Waals surface area contributed by atoms with Gasteiger partial charge in [-0.25, -0.2) is 4.39 Å². The van der Waals surface area contributed by atoms with Gasteiger partial charge in [-0.1, -0.05) is 0 Å². The van der Waals surface area contributed by atoms with Crippen molar-refractivity contribution in [2.24, 2.45) is 0 Å². The molecule has 0 radical (unpaired) electrons. The van der Waals surface area contributed by atoms with E-state index >= 15 is 0 Å². The van der Waals surface area contributed by atoms with Crippen LogP contribution in [0.3, 0.4) is 0 Å². The van der Waals surface area contributed by atoms with E-state index in [1.807, 2.05) is 0 Å². The Hall–Kier alpha value is -0.940. The van der Waals surface area contributed by atoms with Crippen molar-refractivity contribution in [3.63, 3.8) is 0 Å². The van der Waals surface area contributed by atoms with Crippen molar-refractivity contribution in [1.29, 1.82) is 0 Å². The van der Waals surface area contributed by atoms with Gasteiger partial charge in [-0.2, -0.15) is 5.06 Å². The molecule has 1 aromatic carbocycles. The number of hydroxylamine groups is 1. The van der Waals surface area contributed by atoms with Gasteiger partial charge in [0.25, 0.3) is 0 Å². The first kappa shape index (κ1) is 10.1. The Bertz CT molecular complexity index is 343. The zero-order valence-electron chi connectivity index (χ0n) is 6.79. The van der Waals surface area contributed by atoms with E-state index in [2.05, 4.69) is 15.9 Å². The molecule has 0 saturated heterocycles. The van der Waals surface area contributed by atoms with Crippen molar-refractivity contribution in [2.45, 2.75) is 6.92 Å². The summed E-state index contributed by atoms with van der Waals surface area (Å²) in [6.07, 6.45) is 0. The number of anilines is 1. The van der Waals surface area contributed by atoms with E-state index in [0.29, 0.717) is 5.06 Å². The van der Waals surface area contributed by atoms with Crippen molar-refractivity contribution in [2.75, 3.05) is 5.06 Å². The molecule has 0 fully saturated rings. The van der Waals surface area contributed by atoms with E-state index in [4.69, 9.17) is 5.21 Å². The molecule has 0 unspecified atom stereocenters. The van der Waals surface area contributed by atoms with Gasteiger partial charge in [-0.15, -0.1) is 0 Å². The number of nitrogens with zero attached hydrogens (tertiary/aromatic N) is 1. The predicted molar refractivity (Wildman–Crippen MR) is 49.0 cm³/mol. The number of hydrogen-bond donors (Lipinski definition) is 1. The Morgan fingerprint density at radius 1 is 1.62 bits per heavy atom. The van der Waals surface area contributed by atoms with Gasteiger partial charge in [0.2, 0.25) is 5.91 Å². The van der Waals surface area contributed by atoms with Crippen LogP contribution >= 0.6 is 15.9 Å². The summed E-state index contributed by atoms with van der Waals surface area (Å²) in [5.74, 6) is -1.10. The fourth-order valence-corrected chi connectivity index (χ4v) is 1.05. The molecular formula is C8H7BrFNO2. The maximum absolute atomic E-state index is 12.9. The summed E-state index contributed by atoms with van der Waals surface area (Å²) in [5, 5.41) is 9.50. The number of hydrogen-bond acceptors (Lipinski definition) is 2. The van der Waals surface area contributed by atoms with Gasteiger partial charge in [0.15, 0.2) is 0 Å². The predicted octanol–water partition coefficient (Wildman–Crippen LogP) is 2.33. The van der Waals surface area contributed by atoms with Crippen LogP contribution in [-0.2, 0) is 4.79 Å². The highest BCUT2D eigenvalue weighted by Crippen LogP contribution is 2.21. The Balaban J connectivity index is 3.03. The molecule has 3 nitrogen and oxygen atoms in total. The molecule has 0 saturated carbocycles. The smallest absolute Gasteiger partial charge is 0.247 e. The molecule has 5 heteroatoms. The first-order valence-corrected chi connectivity index (χ1v) is 4.26. The minimum atomic E-state index is -0.568. The number of carbonyl (C=O) groups is 1. The Morgan fingerprint density at radius 2 is 2.23 bits per heavy atom. The zero-order chi connectivity index (χ0) is 10.0. The number of halogens is 2. The van der Waals surface area contributed by atoms with Crippen LogP contribution in [0, 0.1) is 5.82 Å². The molecule has 1 N–H and O–H groups in total. The van der Waals surface area contributed by atoms with Crippen LogP contribution in [0.1, 0.15) is 6.92 Å². The summed E-state index contributed by atoms with van der Waals surface area (Å²) >= 11 is 2.96. The van der Waals surface area contributed by atoms with Crippen molar-refractivity contribution in [1.82, 2.24) is 0 Å². The fourth-order valence-electron chi connectivity index (χ4n) is 0.799. The quantitative estimate of drug-likeness (QED) is 0.612. The van der Waals surface area contributed by atoms with Gasteiger partial charge in [-0.3, -0.25) is 10.0 Å². The molecule has 0 aliphatic heterocycles. The van der Waals surface area contributed by atoms with Crippen molar-refractivity contribution in [3.05, 3.63) is 28.5 Å². The van der Waals surface area contributed by atoms with Gasteiger partial charge in [0, 0.05) is 13.0 Å². The summed E-state index contributed by atoms with van der Waals surface area (Å²) in [6, 6.07) is 3.90. The van der Waals surface area contributed by atoms with Crippen molar-refractivity contribution in [3.8, 4) is 0 Å². The summed E-state index contributed by atoms with van der Waals surface area (Å²) in [6.45, 7) is 1.18. The van der Waals surface area contributed by atoms with E-state index in [0.717, 1.165) is 6.07 Å². The lowest BCUT2D eigenvalue weighted by molar-refractivity contribution is -0.121. The van der Waals surface area contributed by atoms with E-state index in [-0.39, 0.29) is 10.2 Å². The zero-order valence-corrected chi connectivity index (χ0v) is 8.38. The lowest BCUT2D eigenvalue weighted by atomic mass is 10.3. The van der Waals surface area contributed by atoms with Crippen LogP contribution in [-0.4, -0.2) is 11.1 Å². The van der Waals surface area contributed by atoms with Crippen LogP contribution in [0.5, 0.6) is 0 Å². The third-order valence-electron chi connectivity index (χ3n) is 1.45. The van der Waals surface area contributed by atoms with Gasteiger partial charge in [0.05, 0.1) is 10.2 Å². The Morgan fingerprint density at radius 3 is 2.69 bits per heavy atom. The summed E-state index contributed by atoms with van der Waals surface area (Å²) in [5.41, 5.74) is 0.105. The molecule has 0 aromatic heterocycles. The van der Waals surface area contributed by atoms with Crippen LogP contribution in [0.25, 0.3) is 0 Å². The molecule has 1 rings (SSSR count). The van der Waals surface area contributed by atoms with Crippen LogP contribution in [0.2, 0.25) is 0 Å². The number of amides is 1. The molecule has 0 aliphatic rings. The molecule has 0 heterocycles. The first-order chi connectivity index (χ1) is 6.02. The number of rotatable bonds is 1. The van der Waals surface area contributed by atoms with Crippen LogP contribution < -0.4 is 5.06 Å². The molecule has 0 spiro atoms. The second-order valence-corrected chi connectivity index (χ2v) is 3.28. The topological polar surface area (TPSA) is 40.5 Å². The second kappa shape index (κ2) is 3.85. The largest absolute Gasteiger partial charge is 0.281 e. The summed E-state index contributed by atoms with van der Waals surface area (Å²) in [7, 11) is 0. The van der Waals surface area contributed by atoms with Gasteiger partial charge in [-0.05, 0) is 28.1 Å². The highest BCUT2D eigenvalue weighted by atomic mass is 79.9. The highest BCUT2D eigenvalue weighted by Gasteiger charge is 2.09. The summed E-state index contributed by atoms with van der Waals surface area (Å²) < 4.78 is 13.2. The first-order valence-electron chi connectivity index (χ1n) is 3.47. The van der Waals surface area contributed by atoms with Crippen molar-refractivity contribution >= 4 is 27.5 Å². The molecule has 1 amide bonds. The second-order valence-electron chi connectivity index (χ2n) is 2.43. The minimum absolute atomic E-state index is 0.105. The lowest BCUT2D eigenvalue weighted by Gasteiger charge is -2.12. The SMILES string of the molecule is CC(=O)N(O)c1ccc(Br)c(F)c1. The van der Waals surface area contributed by atoms with Crippen molar-refractivity contribution < 1.29 is 14.4 Å². The molecule has 13 heavy (non-hydrogen) atoms. The average Bonchev–Trinajstić information content (AvgIpc) is 2.08. The van der Waals surface area contributed by atoms with E-state index < -0.39 is 11.7 Å². The Kier molecular flexibility index (Phi) is 3.00. The van der Waals surface area contributed by atoms with Crippen LogP contribution in [0.4, 0.5) is 10.1 Å². The molecule has 0 atom stereocenters. The maximum Gasteiger partial charge on any atom is 0.247 e. The minimum Gasteiger partial charge on any atom is -0.281 e. The molecule has 70 valence electrons. The molecular weight excluding hydrogens is 241 g/mol. The third-order valence-corrected chi connectivity index (χ3v) is 2.09. The Labute approximate surface area is 82.9 Å². The monoisotopic (exact) mass is 247 g/mol. The highest BCUT2D eigenvalue weighted by molar-refractivity contribution is 9.10. The van der Waals surface area contributed by atoms with E-state index in [1.54, 1.807) is 0 Å². The van der Waals surface area contributed by atoms with Crippen LogP contribution in [0.15, 0.2) is 22.7 Å². The normalized spacial score (nSPS) is 9.85. The average molecular weight is 248 g/mol. The lowest BCUT2D eigenvalue weighted by Crippen LogP contribution is -2.23. The third kappa shape index (κ3) is 2.26. The molecule has 0 bridgehead atoms. The van der Waals surface area contributed by atoms with E-state index in [1.165, 1.54) is 19.1 Å². The van der Waals surface area contributed by atoms with Gasteiger partial charge >= 0.3 is 0 Å². The van der Waals surface area contributed by atoms with Gasteiger partial charge < -0.3 is 0 Å². The summed E-state index contributed by atoms with van der Waals surface area (Å²) in [4.78, 5) is 10.7. The molecule has 0 aliphatic carbocycles. The fraction of sp³-hybridized carbons (Fsp3) is 0.125. The molecule has 1 aromatic rings. The van der Waals surface area contributed by atoms with E-state index in [9.17, 15) is 9.18 Å². The standard InChI is InChI=1S/C8H7BrFNO2/c1-5(12)11(13)6-2-3-7(9)8(10)4-6/h2-4,13H,1H3. The maximum atomic E-state index is 12.9. The number of carbonyl (C=O) groups excluding carboxylic acids is 1.